The molecule has 1 aliphatic heterocycles. The van der Waals surface area contributed by atoms with Crippen molar-refractivity contribution in [2.24, 2.45) is 5.92 Å². The number of nitrogens with zero attached hydrogens (tertiary/aromatic N) is 1. The number of amides is 1. The Kier molecular flexibility index (Phi) is 5.09. The number of nitrogens with one attached hydrogen (secondary N) is 1. The van der Waals surface area contributed by atoms with Crippen LogP contribution in [0.3, 0.4) is 0 Å². The molecule has 0 aromatic carbocycles. The van der Waals surface area contributed by atoms with E-state index < -0.39 is 0 Å². The van der Waals surface area contributed by atoms with Crippen LogP contribution in [0, 0.1) is 5.92 Å². The second-order valence-corrected chi connectivity index (χ2v) is 4.76. The first-order chi connectivity index (χ1) is 7.15. The molecular formula is C12H24N2O. The maximum absolute atomic E-state index is 12.0. The van der Waals surface area contributed by atoms with Crippen molar-refractivity contribution in [3.05, 3.63) is 0 Å². The van der Waals surface area contributed by atoms with Gasteiger partial charge in [0.1, 0.15) is 0 Å². The van der Waals surface area contributed by atoms with Gasteiger partial charge >= 0.3 is 0 Å². The lowest BCUT2D eigenvalue weighted by atomic mass is 10.1. The summed E-state index contributed by atoms with van der Waals surface area (Å²) in [5.41, 5.74) is 0. The molecule has 1 aliphatic rings. The summed E-state index contributed by atoms with van der Waals surface area (Å²) in [6.45, 7) is 9.29. The number of carbonyl (C=O) groups is 1. The van der Waals surface area contributed by atoms with Gasteiger partial charge in [0, 0.05) is 25.6 Å². The van der Waals surface area contributed by atoms with Crippen LogP contribution in [-0.4, -0.2) is 36.5 Å². The van der Waals surface area contributed by atoms with E-state index in [1.165, 1.54) is 0 Å². The molecule has 88 valence electrons. The van der Waals surface area contributed by atoms with Crippen molar-refractivity contribution in [3.8, 4) is 0 Å². The van der Waals surface area contributed by atoms with Crippen LogP contribution in [0.15, 0.2) is 0 Å². The molecule has 0 aliphatic carbocycles. The number of hydrogen-bond donors (Lipinski definition) is 1. The number of carbonyl (C=O) groups excluding carboxylic acids is 1. The van der Waals surface area contributed by atoms with Crippen molar-refractivity contribution in [1.29, 1.82) is 0 Å². The van der Waals surface area contributed by atoms with Gasteiger partial charge in [-0.1, -0.05) is 13.8 Å². The molecular weight excluding hydrogens is 188 g/mol. The maximum atomic E-state index is 12.0. The second kappa shape index (κ2) is 6.11. The molecule has 1 unspecified atom stereocenters. The van der Waals surface area contributed by atoms with E-state index in [9.17, 15) is 4.79 Å². The average molecular weight is 212 g/mol. The fourth-order valence-electron chi connectivity index (χ4n) is 2.10. The third kappa shape index (κ3) is 3.82. The smallest absolute Gasteiger partial charge is 0.222 e. The summed E-state index contributed by atoms with van der Waals surface area (Å²) >= 11 is 0. The fourth-order valence-corrected chi connectivity index (χ4v) is 2.10. The monoisotopic (exact) mass is 212 g/mol. The average Bonchev–Trinajstić information content (AvgIpc) is 2.69. The molecule has 0 radical (unpaired) electrons. The minimum atomic E-state index is 0.333. The first-order valence-corrected chi connectivity index (χ1v) is 6.15. The van der Waals surface area contributed by atoms with Gasteiger partial charge in [-0.2, -0.15) is 0 Å². The zero-order valence-corrected chi connectivity index (χ0v) is 10.3. The van der Waals surface area contributed by atoms with Crippen molar-refractivity contribution in [2.75, 3.05) is 19.6 Å². The lowest BCUT2D eigenvalue weighted by Gasteiger charge is -2.27. The summed E-state index contributed by atoms with van der Waals surface area (Å²) in [6, 6.07) is 0.440. The summed E-state index contributed by atoms with van der Waals surface area (Å²) in [6.07, 6.45) is 2.83. The Hall–Kier alpha value is -0.570. The molecule has 1 fully saturated rings. The van der Waals surface area contributed by atoms with Gasteiger partial charge in [-0.15, -0.1) is 0 Å². The van der Waals surface area contributed by atoms with E-state index in [1.807, 2.05) is 4.90 Å². The van der Waals surface area contributed by atoms with Gasteiger partial charge < -0.3 is 10.2 Å². The Bertz CT molecular complexity index is 198. The van der Waals surface area contributed by atoms with Crippen molar-refractivity contribution >= 4 is 5.91 Å². The first-order valence-electron chi connectivity index (χ1n) is 6.15. The van der Waals surface area contributed by atoms with Crippen LogP contribution >= 0.6 is 0 Å². The van der Waals surface area contributed by atoms with Crippen molar-refractivity contribution in [2.45, 2.75) is 46.1 Å². The summed E-state index contributed by atoms with van der Waals surface area (Å²) < 4.78 is 0. The SMILES string of the molecule is CCN(C(=O)CCC(C)C)C1CCNC1. The highest BCUT2D eigenvalue weighted by Crippen LogP contribution is 2.12. The van der Waals surface area contributed by atoms with Crippen molar-refractivity contribution in [3.63, 3.8) is 0 Å². The zero-order valence-electron chi connectivity index (χ0n) is 10.3. The minimum absolute atomic E-state index is 0.333. The van der Waals surface area contributed by atoms with E-state index in [2.05, 4.69) is 26.1 Å². The molecule has 0 spiro atoms. The van der Waals surface area contributed by atoms with Gasteiger partial charge in [-0.25, -0.2) is 0 Å². The van der Waals surface area contributed by atoms with Crippen LogP contribution in [0.5, 0.6) is 0 Å². The lowest BCUT2D eigenvalue weighted by molar-refractivity contribution is -0.133. The van der Waals surface area contributed by atoms with Crippen LogP contribution in [-0.2, 0) is 4.79 Å². The van der Waals surface area contributed by atoms with Crippen LogP contribution in [0.2, 0.25) is 0 Å². The first kappa shape index (κ1) is 12.5. The van der Waals surface area contributed by atoms with Gasteiger partial charge in [0.25, 0.3) is 0 Å². The predicted octanol–water partition coefficient (Wildman–Crippen LogP) is 1.63. The molecule has 1 rings (SSSR count). The summed E-state index contributed by atoms with van der Waals surface area (Å²) in [5.74, 6) is 0.953. The second-order valence-electron chi connectivity index (χ2n) is 4.76. The molecule has 1 amide bonds. The zero-order chi connectivity index (χ0) is 11.3. The fraction of sp³-hybridized carbons (Fsp3) is 0.917. The molecule has 0 aromatic heterocycles. The van der Waals surface area contributed by atoms with Crippen LogP contribution < -0.4 is 5.32 Å². The van der Waals surface area contributed by atoms with E-state index in [0.717, 1.165) is 32.5 Å². The van der Waals surface area contributed by atoms with E-state index in [-0.39, 0.29) is 0 Å². The standard InChI is InChI=1S/C12H24N2O/c1-4-14(11-7-8-13-9-11)12(15)6-5-10(2)3/h10-11,13H,4-9H2,1-3H3. The van der Waals surface area contributed by atoms with Crippen LogP contribution in [0.25, 0.3) is 0 Å². The molecule has 1 saturated heterocycles. The molecule has 0 saturated carbocycles. The van der Waals surface area contributed by atoms with E-state index in [4.69, 9.17) is 0 Å². The largest absolute Gasteiger partial charge is 0.339 e. The van der Waals surface area contributed by atoms with Gasteiger partial charge in [0.2, 0.25) is 5.91 Å². The molecule has 1 N–H and O–H groups in total. The summed E-state index contributed by atoms with van der Waals surface area (Å²) in [7, 11) is 0. The quantitative estimate of drug-likeness (QED) is 0.751. The molecule has 0 aromatic rings. The molecule has 0 bridgehead atoms. The Morgan fingerprint density at radius 2 is 2.27 bits per heavy atom. The molecule has 1 atom stereocenters. The number of hydrogen-bond acceptors (Lipinski definition) is 2. The van der Waals surface area contributed by atoms with Crippen LogP contribution in [0.1, 0.15) is 40.0 Å². The van der Waals surface area contributed by atoms with Gasteiger partial charge in [-0.3, -0.25) is 4.79 Å². The predicted molar refractivity (Wildman–Crippen MR) is 62.7 cm³/mol. The van der Waals surface area contributed by atoms with Crippen molar-refractivity contribution in [1.82, 2.24) is 10.2 Å². The highest BCUT2D eigenvalue weighted by Gasteiger charge is 2.24. The van der Waals surface area contributed by atoms with Crippen molar-refractivity contribution < 1.29 is 4.79 Å². The molecule has 1 heterocycles. The van der Waals surface area contributed by atoms with Crippen LogP contribution in [0.4, 0.5) is 0 Å². The Morgan fingerprint density at radius 3 is 2.73 bits per heavy atom. The normalized spacial score (nSPS) is 20.9. The van der Waals surface area contributed by atoms with Gasteiger partial charge in [-0.05, 0) is 32.2 Å². The van der Waals surface area contributed by atoms with E-state index >= 15 is 0 Å². The summed E-state index contributed by atoms with van der Waals surface area (Å²) in [4.78, 5) is 14.0. The topological polar surface area (TPSA) is 32.3 Å². The highest BCUT2D eigenvalue weighted by molar-refractivity contribution is 5.76. The molecule has 15 heavy (non-hydrogen) atoms. The Labute approximate surface area is 93.2 Å². The third-order valence-electron chi connectivity index (χ3n) is 3.07. The van der Waals surface area contributed by atoms with Gasteiger partial charge in [0.15, 0.2) is 0 Å². The Morgan fingerprint density at radius 1 is 1.53 bits per heavy atom. The number of likely N-dealkylation sites (N-methyl/N-ethyl adjacent to an activating group) is 1. The number of rotatable bonds is 5. The molecule has 3 heteroatoms. The maximum Gasteiger partial charge on any atom is 0.222 e. The van der Waals surface area contributed by atoms with E-state index in [1.54, 1.807) is 0 Å². The Balaban J connectivity index is 2.39. The summed E-state index contributed by atoms with van der Waals surface area (Å²) in [5, 5.41) is 3.31. The lowest BCUT2D eigenvalue weighted by Crippen LogP contribution is -2.41. The third-order valence-corrected chi connectivity index (χ3v) is 3.07. The van der Waals surface area contributed by atoms with E-state index in [0.29, 0.717) is 24.3 Å². The van der Waals surface area contributed by atoms with Gasteiger partial charge in [0.05, 0.1) is 0 Å². The minimum Gasteiger partial charge on any atom is -0.339 e. The highest BCUT2D eigenvalue weighted by atomic mass is 16.2. The molecule has 3 nitrogen and oxygen atoms in total.